The maximum Gasteiger partial charge on any atom is 0.253 e. The average Bonchev–Trinajstić information content (AvgIpc) is 2.93. The molecule has 0 saturated heterocycles. The smallest absolute Gasteiger partial charge is 0.253 e. The zero-order valence-corrected chi connectivity index (χ0v) is 13.8. The van der Waals surface area contributed by atoms with E-state index >= 15 is 0 Å². The quantitative estimate of drug-likeness (QED) is 0.813. The number of hydrogen-bond acceptors (Lipinski definition) is 3. The molecule has 1 heterocycles. The topological polar surface area (TPSA) is 29.1 Å². The SMILES string of the molecule is CCc1ccc(CNC(=O)c2cc(SC)ccc2Cl)s1. The van der Waals surface area contributed by atoms with Crippen molar-refractivity contribution >= 4 is 40.6 Å². The Bertz CT molecular complexity index is 610. The second-order valence-electron chi connectivity index (χ2n) is 4.25. The fourth-order valence-corrected chi connectivity index (χ4v) is 3.32. The van der Waals surface area contributed by atoms with Gasteiger partial charge in [-0.25, -0.2) is 0 Å². The van der Waals surface area contributed by atoms with Gasteiger partial charge in [-0.3, -0.25) is 4.79 Å². The Morgan fingerprint density at radius 1 is 1.30 bits per heavy atom. The first-order valence-corrected chi connectivity index (χ1v) is 8.75. The number of aryl methyl sites for hydroxylation is 1. The predicted molar refractivity (Wildman–Crippen MR) is 88.1 cm³/mol. The maximum absolute atomic E-state index is 12.2. The number of thioether (sulfide) groups is 1. The van der Waals surface area contributed by atoms with E-state index in [4.69, 9.17) is 11.6 Å². The number of rotatable bonds is 5. The molecule has 2 aromatic rings. The van der Waals surface area contributed by atoms with E-state index < -0.39 is 0 Å². The fourth-order valence-electron chi connectivity index (χ4n) is 1.78. The molecular weight excluding hydrogens is 310 g/mol. The average molecular weight is 326 g/mol. The number of amides is 1. The fraction of sp³-hybridized carbons (Fsp3) is 0.267. The number of carbonyl (C=O) groups excluding carboxylic acids is 1. The highest BCUT2D eigenvalue weighted by Gasteiger charge is 2.11. The van der Waals surface area contributed by atoms with Crippen molar-refractivity contribution < 1.29 is 4.79 Å². The molecule has 0 fully saturated rings. The van der Waals surface area contributed by atoms with Crippen molar-refractivity contribution in [1.29, 1.82) is 0 Å². The van der Waals surface area contributed by atoms with Gasteiger partial charge in [0.15, 0.2) is 0 Å². The molecule has 0 radical (unpaired) electrons. The van der Waals surface area contributed by atoms with Crippen LogP contribution in [0, 0.1) is 0 Å². The summed E-state index contributed by atoms with van der Waals surface area (Å²) in [4.78, 5) is 15.7. The van der Waals surface area contributed by atoms with Crippen LogP contribution < -0.4 is 5.32 Å². The highest BCUT2D eigenvalue weighted by molar-refractivity contribution is 7.98. The van der Waals surface area contributed by atoms with Crippen LogP contribution in [0.25, 0.3) is 0 Å². The lowest BCUT2D eigenvalue weighted by Crippen LogP contribution is -2.22. The summed E-state index contributed by atoms with van der Waals surface area (Å²) in [5.74, 6) is -0.127. The molecule has 0 bridgehead atoms. The number of halogens is 1. The van der Waals surface area contributed by atoms with Gasteiger partial charge in [0.05, 0.1) is 17.1 Å². The van der Waals surface area contributed by atoms with Crippen LogP contribution in [-0.4, -0.2) is 12.2 Å². The highest BCUT2D eigenvalue weighted by Crippen LogP contribution is 2.23. The van der Waals surface area contributed by atoms with Crippen LogP contribution in [0.1, 0.15) is 27.0 Å². The second kappa shape index (κ2) is 7.16. The first-order valence-electron chi connectivity index (χ1n) is 6.33. The summed E-state index contributed by atoms with van der Waals surface area (Å²) in [5, 5.41) is 3.41. The minimum Gasteiger partial charge on any atom is -0.347 e. The Balaban J connectivity index is 2.04. The van der Waals surface area contributed by atoms with E-state index in [0.29, 0.717) is 17.1 Å². The Morgan fingerprint density at radius 3 is 2.70 bits per heavy atom. The normalized spacial score (nSPS) is 10.6. The third-order valence-electron chi connectivity index (χ3n) is 2.91. The van der Waals surface area contributed by atoms with Crippen LogP contribution in [-0.2, 0) is 13.0 Å². The van der Waals surface area contributed by atoms with Crippen LogP contribution in [0.2, 0.25) is 5.02 Å². The van der Waals surface area contributed by atoms with Crippen LogP contribution in [0.4, 0.5) is 0 Å². The summed E-state index contributed by atoms with van der Waals surface area (Å²) in [6.45, 7) is 2.67. The molecule has 0 aliphatic rings. The summed E-state index contributed by atoms with van der Waals surface area (Å²) in [6.07, 6.45) is 3.00. The van der Waals surface area contributed by atoms with Crippen molar-refractivity contribution in [3.63, 3.8) is 0 Å². The minimum absolute atomic E-state index is 0.127. The molecule has 20 heavy (non-hydrogen) atoms. The molecule has 0 saturated carbocycles. The van der Waals surface area contributed by atoms with E-state index in [-0.39, 0.29) is 5.91 Å². The third-order valence-corrected chi connectivity index (χ3v) is 5.19. The summed E-state index contributed by atoms with van der Waals surface area (Å²) >= 11 is 9.41. The predicted octanol–water partition coefficient (Wildman–Crippen LogP) is 4.62. The monoisotopic (exact) mass is 325 g/mol. The highest BCUT2D eigenvalue weighted by atomic mass is 35.5. The van der Waals surface area contributed by atoms with E-state index in [2.05, 4.69) is 24.4 Å². The largest absolute Gasteiger partial charge is 0.347 e. The van der Waals surface area contributed by atoms with Gasteiger partial charge in [-0.05, 0) is 43.0 Å². The summed E-state index contributed by atoms with van der Waals surface area (Å²) < 4.78 is 0. The van der Waals surface area contributed by atoms with Crippen LogP contribution in [0.5, 0.6) is 0 Å². The molecule has 2 rings (SSSR count). The molecule has 1 amide bonds. The molecule has 1 aromatic heterocycles. The van der Waals surface area contributed by atoms with Gasteiger partial charge in [0.1, 0.15) is 0 Å². The number of nitrogens with one attached hydrogen (secondary N) is 1. The minimum atomic E-state index is -0.127. The Morgan fingerprint density at radius 2 is 2.05 bits per heavy atom. The molecule has 0 atom stereocenters. The van der Waals surface area contributed by atoms with Gasteiger partial charge in [0.25, 0.3) is 5.91 Å². The van der Waals surface area contributed by atoms with E-state index in [1.54, 1.807) is 29.2 Å². The zero-order valence-electron chi connectivity index (χ0n) is 11.4. The number of benzene rings is 1. The molecule has 1 N–H and O–H groups in total. The van der Waals surface area contributed by atoms with Crippen LogP contribution in [0.15, 0.2) is 35.2 Å². The van der Waals surface area contributed by atoms with Crippen molar-refractivity contribution in [3.05, 3.63) is 50.7 Å². The standard InChI is InChI=1S/C15H16ClNOS2/c1-3-10-4-5-12(20-10)9-17-15(18)13-8-11(19-2)6-7-14(13)16/h4-8H,3,9H2,1-2H3,(H,17,18). The summed E-state index contributed by atoms with van der Waals surface area (Å²) in [6, 6.07) is 9.67. The molecule has 0 aliphatic carbocycles. The molecule has 5 heteroatoms. The summed E-state index contributed by atoms with van der Waals surface area (Å²) in [7, 11) is 0. The molecular formula is C15H16ClNOS2. The van der Waals surface area contributed by atoms with Gasteiger partial charge in [-0.15, -0.1) is 23.1 Å². The van der Waals surface area contributed by atoms with E-state index in [0.717, 1.165) is 16.2 Å². The second-order valence-corrected chi connectivity index (χ2v) is 6.79. The van der Waals surface area contributed by atoms with Crippen molar-refractivity contribution in [1.82, 2.24) is 5.32 Å². The lowest BCUT2D eigenvalue weighted by molar-refractivity contribution is 0.0951. The first kappa shape index (κ1) is 15.4. The number of thiophene rings is 1. The molecule has 2 nitrogen and oxygen atoms in total. The van der Waals surface area contributed by atoms with Crippen molar-refractivity contribution in [2.75, 3.05) is 6.26 Å². The van der Waals surface area contributed by atoms with Gasteiger partial charge in [0.2, 0.25) is 0 Å². The number of carbonyl (C=O) groups is 1. The Labute approximate surface area is 132 Å². The first-order chi connectivity index (χ1) is 9.63. The molecule has 1 aromatic carbocycles. The Hall–Kier alpha value is -0.970. The van der Waals surface area contributed by atoms with Crippen molar-refractivity contribution in [3.8, 4) is 0 Å². The molecule has 0 spiro atoms. The van der Waals surface area contributed by atoms with Gasteiger partial charge < -0.3 is 5.32 Å². The van der Waals surface area contributed by atoms with Crippen molar-refractivity contribution in [2.45, 2.75) is 24.8 Å². The Kier molecular flexibility index (Phi) is 5.52. The maximum atomic E-state index is 12.2. The lowest BCUT2D eigenvalue weighted by Gasteiger charge is -2.07. The van der Waals surface area contributed by atoms with Gasteiger partial charge in [-0.1, -0.05) is 18.5 Å². The van der Waals surface area contributed by atoms with E-state index in [1.807, 2.05) is 18.4 Å². The zero-order chi connectivity index (χ0) is 14.5. The molecule has 0 aliphatic heterocycles. The van der Waals surface area contributed by atoms with E-state index in [1.165, 1.54) is 4.88 Å². The van der Waals surface area contributed by atoms with Gasteiger partial charge >= 0.3 is 0 Å². The molecule has 106 valence electrons. The lowest BCUT2D eigenvalue weighted by atomic mass is 10.2. The third kappa shape index (κ3) is 3.78. The van der Waals surface area contributed by atoms with Crippen molar-refractivity contribution in [2.24, 2.45) is 0 Å². The number of hydrogen-bond donors (Lipinski definition) is 1. The van der Waals surface area contributed by atoms with Gasteiger partial charge in [0, 0.05) is 14.6 Å². The summed E-state index contributed by atoms with van der Waals surface area (Å²) in [5.41, 5.74) is 0.533. The van der Waals surface area contributed by atoms with Gasteiger partial charge in [-0.2, -0.15) is 0 Å². The van der Waals surface area contributed by atoms with Crippen LogP contribution in [0.3, 0.4) is 0 Å². The molecule has 0 unspecified atom stereocenters. The van der Waals surface area contributed by atoms with E-state index in [9.17, 15) is 4.79 Å². The van der Waals surface area contributed by atoms with Crippen LogP contribution >= 0.6 is 34.7 Å².